The first-order chi connectivity index (χ1) is 9.73. The molecule has 0 amide bonds. The van der Waals surface area contributed by atoms with E-state index in [-0.39, 0.29) is 30.6 Å². The molecule has 0 saturated carbocycles. The molecule has 0 fully saturated rings. The van der Waals surface area contributed by atoms with Crippen molar-refractivity contribution in [3.8, 4) is 5.75 Å². The standard InChI is InChI=1S/C13H13F3O5/c1-2-20-12(19)9-4-3-8(5-6-11(17)18)10(7-9)21-13(14,15)16/h3-4,7H,2,5-6H2,1H3,(H,17,18). The van der Waals surface area contributed by atoms with Gasteiger partial charge in [-0.05, 0) is 31.0 Å². The normalized spacial score (nSPS) is 11.0. The van der Waals surface area contributed by atoms with Gasteiger partial charge in [0.05, 0.1) is 12.2 Å². The van der Waals surface area contributed by atoms with Crippen LogP contribution >= 0.6 is 0 Å². The first kappa shape index (κ1) is 16.8. The molecular formula is C13H13F3O5. The van der Waals surface area contributed by atoms with E-state index in [1.165, 1.54) is 12.1 Å². The third-order valence-electron chi connectivity index (χ3n) is 2.41. The third kappa shape index (κ3) is 5.72. The van der Waals surface area contributed by atoms with E-state index in [2.05, 4.69) is 9.47 Å². The fourth-order valence-corrected chi connectivity index (χ4v) is 1.56. The molecule has 0 heterocycles. The van der Waals surface area contributed by atoms with Gasteiger partial charge in [-0.2, -0.15) is 0 Å². The van der Waals surface area contributed by atoms with Crippen molar-refractivity contribution in [2.45, 2.75) is 26.1 Å². The number of esters is 1. The van der Waals surface area contributed by atoms with Crippen LogP contribution in [0.25, 0.3) is 0 Å². The molecule has 1 aromatic carbocycles. The van der Waals surface area contributed by atoms with Crippen molar-refractivity contribution in [3.63, 3.8) is 0 Å². The van der Waals surface area contributed by atoms with Gasteiger partial charge in [-0.1, -0.05) is 6.07 Å². The molecule has 1 N–H and O–H groups in total. The number of aliphatic carboxylic acids is 1. The number of hydrogen-bond acceptors (Lipinski definition) is 4. The number of hydrogen-bond donors (Lipinski definition) is 1. The number of benzene rings is 1. The summed E-state index contributed by atoms with van der Waals surface area (Å²) in [4.78, 5) is 22.0. The zero-order valence-corrected chi connectivity index (χ0v) is 11.1. The quantitative estimate of drug-likeness (QED) is 0.818. The van der Waals surface area contributed by atoms with Gasteiger partial charge in [-0.25, -0.2) is 4.79 Å². The van der Waals surface area contributed by atoms with Gasteiger partial charge in [-0.15, -0.1) is 13.2 Å². The molecule has 0 saturated heterocycles. The van der Waals surface area contributed by atoms with Gasteiger partial charge >= 0.3 is 18.3 Å². The average molecular weight is 306 g/mol. The molecule has 0 aliphatic heterocycles. The van der Waals surface area contributed by atoms with Crippen LogP contribution in [0.1, 0.15) is 29.3 Å². The summed E-state index contributed by atoms with van der Waals surface area (Å²) in [7, 11) is 0. The van der Waals surface area contributed by atoms with Crippen LogP contribution in [-0.4, -0.2) is 30.0 Å². The Labute approximate surface area is 118 Å². The van der Waals surface area contributed by atoms with E-state index in [1.54, 1.807) is 6.92 Å². The van der Waals surface area contributed by atoms with E-state index < -0.39 is 24.1 Å². The second-order valence-electron chi connectivity index (χ2n) is 3.98. The summed E-state index contributed by atoms with van der Waals surface area (Å²) in [6, 6.07) is 3.37. The summed E-state index contributed by atoms with van der Waals surface area (Å²) >= 11 is 0. The van der Waals surface area contributed by atoms with Crippen LogP contribution in [-0.2, 0) is 16.0 Å². The number of ether oxygens (including phenoxy) is 2. The monoisotopic (exact) mass is 306 g/mol. The molecule has 1 aromatic rings. The predicted octanol–water partition coefficient (Wildman–Crippen LogP) is 2.78. The smallest absolute Gasteiger partial charge is 0.481 e. The Morgan fingerprint density at radius 3 is 2.48 bits per heavy atom. The highest BCUT2D eigenvalue weighted by atomic mass is 19.4. The maximum absolute atomic E-state index is 12.3. The molecule has 1 rings (SSSR count). The highest BCUT2D eigenvalue weighted by Gasteiger charge is 2.32. The summed E-state index contributed by atoms with van der Waals surface area (Å²) in [5.74, 6) is -2.54. The van der Waals surface area contributed by atoms with E-state index in [1.807, 2.05) is 0 Å². The van der Waals surface area contributed by atoms with Gasteiger partial charge in [0.15, 0.2) is 0 Å². The number of carboxylic acid groups (broad SMARTS) is 1. The van der Waals surface area contributed by atoms with Crippen molar-refractivity contribution in [2.24, 2.45) is 0 Å². The minimum absolute atomic E-state index is 0.0442. The van der Waals surface area contributed by atoms with Crippen molar-refractivity contribution in [1.29, 1.82) is 0 Å². The van der Waals surface area contributed by atoms with Gasteiger partial charge in [0.2, 0.25) is 0 Å². The van der Waals surface area contributed by atoms with Gasteiger partial charge in [0.25, 0.3) is 0 Å². The second kappa shape index (κ2) is 6.96. The van der Waals surface area contributed by atoms with Crippen molar-refractivity contribution in [1.82, 2.24) is 0 Å². The Kier molecular flexibility index (Phi) is 5.57. The van der Waals surface area contributed by atoms with Crippen LogP contribution < -0.4 is 4.74 Å². The lowest BCUT2D eigenvalue weighted by Crippen LogP contribution is -2.19. The largest absolute Gasteiger partial charge is 0.573 e. The second-order valence-corrected chi connectivity index (χ2v) is 3.98. The van der Waals surface area contributed by atoms with Crippen molar-refractivity contribution < 1.29 is 37.3 Å². The topological polar surface area (TPSA) is 72.8 Å². The Hall–Kier alpha value is -2.25. The van der Waals surface area contributed by atoms with Gasteiger partial charge in [0, 0.05) is 6.42 Å². The highest BCUT2D eigenvalue weighted by molar-refractivity contribution is 5.90. The lowest BCUT2D eigenvalue weighted by molar-refractivity contribution is -0.274. The first-order valence-electron chi connectivity index (χ1n) is 6.00. The zero-order valence-electron chi connectivity index (χ0n) is 11.1. The SMILES string of the molecule is CCOC(=O)c1ccc(CCC(=O)O)c(OC(F)(F)F)c1. The maximum Gasteiger partial charge on any atom is 0.573 e. The molecule has 0 radical (unpaired) electrons. The van der Waals surface area contributed by atoms with Crippen molar-refractivity contribution >= 4 is 11.9 Å². The van der Waals surface area contributed by atoms with Crippen molar-refractivity contribution in [2.75, 3.05) is 6.61 Å². The van der Waals surface area contributed by atoms with Gasteiger partial charge < -0.3 is 14.6 Å². The number of rotatable bonds is 6. The number of alkyl halides is 3. The number of carbonyl (C=O) groups excluding carboxylic acids is 1. The third-order valence-corrected chi connectivity index (χ3v) is 2.41. The molecule has 8 heteroatoms. The molecule has 5 nitrogen and oxygen atoms in total. The van der Waals surface area contributed by atoms with Gasteiger partial charge in [-0.3, -0.25) is 4.79 Å². The van der Waals surface area contributed by atoms with Crippen LogP contribution in [0.5, 0.6) is 5.75 Å². The minimum Gasteiger partial charge on any atom is -0.481 e. The van der Waals surface area contributed by atoms with E-state index in [4.69, 9.17) is 5.11 Å². The molecule has 0 aromatic heterocycles. The van der Waals surface area contributed by atoms with E-state index in [0.29, 0.717) is 0 Å². The van der Waals surface area contributed by atoms with E-state index in [9.17, 15) is 22.8 Å². The number of halogens is 3. The van der Waals surface area contributed by atoms with Gasteiger partial charge in [0.1, 0.15) is 5.75 Å². The fourth-order valence-electron chi connectivity index (χ4n) is 1.56. The first-order valence-corrected chi connectivity index (χ1v) is 6.00. The minimum atomic E-state index is -4.94. The van der Waals surface area contributed by atoms with Crippen LogP contribution in [0.4, 0.5) is 13.2 Å². The molecule has 0 aliphatic carbocycles. The lowest BCUT2D eigenvalue weighted by Gasteiger charge is -2.14. The number of carbonyl (C=O) groups is 2. The Morgan fingerprint density at radius 2 is 1.95 bits per heavy atom. The van der Waals surface area contributed by atoms with Crippen molar-refractivity contribution in [3.05, 3.63) is 29.3 Å². The highest BCUT2D eigenvalue weighted by Crippen LogP contribution is 2.28. The van der Waals surface area contributed by atoms with E-state index in [0.717, 1.165) is 6.07 Å². The summed E-state index contributed by atoms with van der Waals surface area (Å²) in [6.45, 7) is 1.64. The maximum atomic E-state index is 12.3. The van der Waals surface area contributed by atoms with Crippen LogP contribution in [0, 0.1) is 0 Å². The molecule has 21 heavy (non-hydrogen) atoms. The Bertz CT molecular complexity index is 525. The Morgan fingerprint density at radius 1 is 1.29 bits per heavy atom. The number of aryl methyl sites for hydroxylation is 1. The van der Waals surface area contributed by atoms with E-state index >= 15 is 0 Å². The molecular weight excluding hydrogens is 293 g/mol. The molecule has 116 valence electrons. The van der Waals surface area contributed by atoms with Crippen LogP contribution in [0.3, 0.4) is 0 Å². The molecule has 0 atom stereocenters. The fraction of sp³-hybridized carbons (Fsp3) is 0.385. The molecule has 0 aliphatic rings. The molecule has 0 unspecified atom stereocenters. The average Bonchev–Trinajstić information content (AvgIpc) is 2.35. The molecule has 0 spiro atoms. The molecule has 0 bridgehead atoms. The Balaban J connectivity index is 3.07. The summed E-state index contributed by atoms with van der Waals surface area (Å²) in [6.07, 6.45) is -5.44. The lowest BCUT2D eigenvalue weighted by atomic mass is 10.1. The van der Waals surface area contributed by atoms with Crippen LogP contribution in [0.15, 0.2) is 18.2 Å². The van der Waals surface area contributed by atoms with Crippen LogP contribution in [0.2, 0.25) is 0 Å². The summed E-state index contributed by atoms with van der Waals surface area (Å²) in [5.41, 5.74) is -0.0575. The number of carboxylic acids is 1. The summed E-state index contributed by atoms with van der Waals surface area (Å²) < 4.78 is 45.6. The summed E-state index contributed by atoms with van der Waals surface area (Å²) in [5, 5.41) is 8.57. The zero-order chi connectivity index (χ0) is 16.0. The predicted molar refractivity (Wildman–Crippen MR) is 65.0 cm³/mol.